The summed E-state index contributed by atoms with van der Waals surface area (Å²) in [6, 6.07) is 8.00. The molecule has 7 nitrogen and oxygen atoms in total. The molecule has 0 heterocycles. The molecule has 25 heavy (non-hydrogen) atoms. The maximum absolute atomic E-state index is 12.0. The van der Waals surface area contributed by atoms with Gasteiger partial charge in [-0.05, 0) is 30.7 Å². The fraction of sp³-hybridized carbons (Fsp3) is 0.278. The number of allylic oxidation sites excluding steroid dienone is 1. The van der Waals surface area contributed by atoms with Crippen LogP contribution >= 0.6 is 0 Å². The number of carboxylic acids is 1. The zero-order valence-corrected chi connectivity index (χ0v) is 13.5. The van der Waals surface area contributed by atoms with Crippen molar-refractivity contribution in [2.75, 3.05) is 11.9 Å². The van der Waals surface area contributed by atoms with Crippen molar-refractivity contribution in [1.82, 2.24) is 0 Å². The Morgan fingerprint density at radius 1 is 1.20 bits per heavy atom. The number of nitrogens with one attached hydrogen (secondary N) is 1. The number of nitrogens with zero attached hydrogens (tertiary/aromatic N) is 1. The van der Waals surface area contributed by atoms with E-state index in [0.717, 1.165) is 0 Å². The molecule has 1 aromatic rings. The number of carboxylic acid groups (broad SMARTS) is 1. The summed E-state index contributed by atoms with van der Waals surface area (Å²) in [7, 11) is 0. The van der Waals surface area contributed by atoms with Gasteiger partial charge in [0.2, 0.25) is 0 Å². The molecule has 0 fully saturated rings. The second-order valence-electron chi connectivity index (χ2n) is 4.96. The lowest BCUT2D eigenvalue weighted by Gasteiger charge is -2.08. The molecule has 1 amide bonds. The third-order valence-electron chi connectivity index (χ3n) is 3.05. The van der Waals surface area contributed by atoms with Crippen LogP contribution < -0.4 is 10.1 Å². The Hall–Kier alpha value is -3.45. The summed E-state index contributed by atoms with van der Waals surface area (Å²) < 4.78 is 5.37. The quantitative estimate of drug-likeness (QED) is 0.209. The maximum Gasteiger partial charge on any atom is 0.303 e. The van der Waals surface area contributed by atoms with Gasteiger partial charge in [-0.25, -0.2) is 0 Å². The highest BCUT2D eigenvalue weighted by atomic mass is 16.5. The summed E-state index contributed by atoms with van der Waals surface area (Å²) in [6.07, 6.45) is 5.77. The highest BCUT2D eigenvalue weighted by molar-refractivity contribution is 6.06. The SMILES string of the molecule is C#CCC/C(O)=C(\C#N)C(=O)Nc1ccc(OCCCC(=O)O)cc1. The average Bonchev–Trinajstić information content (AvgIpc) is 2.58. The predicted octanol–water partition coefficient (Wildman–Crippen LogP) is 2.62. The third kappa shape index (κ3) is 7.10. The molecule has 0 saturated carbocycles. The average molecular weight is 342 g/mol. The van der Waals surface area contributed by atoms with Crippen LogP contribution in [-0.2, 0) is 9.59 Å². The first-order valence-electron chi connectivity index (χ1n) is 7.49. The van der Waals surface area contributed by atoms with Crippen molar-refractivity contribution >= 4 is 17.6 Å². The molecule has 0 bridgehead atoms. The monoisotopic (exact) mass is 342 g/mol. The Labute approximate surface area is 145 Å². The van der Waals surface area contributed by atoms with Gasteiger partial charge in [0.05, 0.1) is 6.61 Å². The molecule has 3 N–H and O–H groups in total. The zero-order chi connectivity index (χ0) is 18.7. The number of hydrogen-bond donors (Lipinski definition) is 3. The molecule has 0 atom stereocenters. The van der Waals surface area contributed by atoms with Gasteiger partial charge in [0.25, 0.3) is 5.91 Å². The van der Waals surface area contributed by atoms with Crippen molar-refractivity contribution in [2.24, 2.45) is 0 Å². The summed E-state index contributed by atoms with van der Waals surface area (Å²) in [5.74, 6) is 0.881. The van der Waals surface area contributed by atoms with Crippen LogP contribution in [0.3, 0.4) is 0 Å². The lowest BCUT2D eigenvalue weighted by molar-refractivity contribution is -0.137. The van der Waals surface area contributed by atoms with Gasteiger partial charge in [0, 0.05) is 24.9 Å². The fourth-order valence-corrected chi connectivity index (χ4v) is 1.80. The Kier molecular flexibility index (Phi) is 8.11. The van der Waals surface area contributed by atoms with E-state index in [9.17, 15) is 14.7 Å². The van der Waals surface area contributed by atoms with Gasteiger partial charge in [-0.15, -0.1) is 12.3 Å². The number of benzene rings is 1. The highest BCUT2D eigenvalue weighted by Gasteiger charge is 2.15. The van der Waals surface area contributed by atoms with Gasteiger partial charge < -0.3 is 20.3 Å². The van der Waals surface area contributed by atoms with E-state index in [1.807, 2.05) is 0 Å². The minimum atomic E-state index is -0.881. The standard InChI is InChI=1S/C18H18N2O5/c1-2-3-5-16(21)15(12-19)18(24)20-13-7-9-14(10-8-13)25-11-4-6-17(22)23/h1,7-10,21H,3-6,11H2,(H,20,24)(H,22,23)/b16-15-. The van der Waals surface area contributed by atoms with Gasteiger partial charge >= 0.3 is 5.97 Å². The van der Waals surface area contributed by atoms with E-state index in [-0.39, 0.29) is 37.2 Å². The molecule has 0 aromatic heterocycles. The zero-order valence-electron chi connectivity index (χ0n) is 13.5. The minimum Gasteiger partial charge on any atom is -0.511 e. The van der Waals surface area contributed by atoms with E-state index in [0.29, 0.717) is 17.9 Å². The molecule has 0 aliphatic rings. The molecule has 0 spiro atoms. The second kappa shape index (κ2) is 10.3. The summed E-state index contributed by atoms with van der Waals surface area (Å²) in [5.41, 5.74) is 0.0321. The van der Waals surface area contributed by atoms with Crippen LogP contribution in [-0.4, -0.2) is 28.7 Å². The first kappa shape index (κ1) is 19.6. The number of ether oxygens (including phenoxy) is 1. The van der Waals surface area contributed by atoms with Crippen LogP contribution in [0.15, 0.2) is 35.6 Å². The summed E-state index contributed by atoms with van der Waals surface area (Å²) in [6.45, 7) is 0.266. The molecule has 7 heteroatoms. The number of carbonyl (C=O) groups is 2. The van der Waals surface area contributed by atoms with Crippen molar-refractivity contribution in [2.45, 2.75) is 25.7 Å². The largest absolute Gasteiger partial charge is 0.511 e. The van der Waals surface area contributed by atoms with Crippen LogP contribution in [0.5, 0.6) is 5.75 Å². The van der Waals surface area contributed by atoms with Gasteiger partial charge in [-0.3, -0.25) is 9.59 Å². The number of nitriles is 1. The maximum atomic E-state index is 12.0. The van der Waals surface area contributed by atoms with E-state index in [1.165, 1.54) is 0 Å². The minimum absolute atomic E-state index is 0.0284. The van der Waals surface area contributed by atoms with E-state index in [1.54, 1.807) is 30.3 Å². The van der Waals surface area contributed by atoms with E-state index in [4.69, 9.17) is 21.5 Å². The highest BCUT2D eigenvalue weighted by Crippen LogP contribution is 2.17. The number of aliphatic carboxylic acids is 1. The first-order valence-corrected chi connectivity index (χ1v) is 7.49. The molecule has 0 aliphatic heterocycles. The van der Waals surface area contributed by atoms with E-state index < -0.39 is 11.9 Å². The number of terminal acetylenes is 1. The fourth-order valence-electron chi connectivity index (χ4n) is 1.80. The lowest BCUT2D eigenvalue weighted by Crippen LogP contribution is -2.15. The third-order valence-corrected chi connectivity index (χ3v) is 3.05. The van der Waals surface area contributed by atoms with Crippen molar-refractivity contribution in [3.63, 3.8) is 0 Å². The van der Waals surface area contributed by atoms with Gasteiger partial charge in [0.1, 0.15) is 17.6 Å². The first-order chi connectivity index (χ1) is 12.0. The molecule has 0 saturated heterocycles. The summed E-state index contributed by atoms with van der Waals surface area (Å²) >= 11 is 0. The summed E-state index contributed by atoms with van der Waals surface area (Å²) in [4.78, 5) is 22.4. The predicted molar refractivity (Wildman–Crippen MR) is 90.8 cm³/mol. The van der Waals surface area contributed by atoms with Crippen molar-refractivity contribution in [1.29, 1.82) is 5.26 Å². The van der Waals surface area contributed by atoms with Crippen LogP contribution in [0.2, 0.25) is 0 Å². The number of aliphatic hydroxyl groups is 1. The summed E-state index contributed by atoms with van der Waals surface area (Å²) in [5, 5.41) is 29.8. The smallest absolute Gasteiger partial charge is 0.303 e. The Morgan fingerprint density at radius 2 is 1.88 bits per heavy atom. The molecular weight excluding hydrogens is 324 g/mol. The van der Waals surface area contributed by atoms with Gasteiger partial charge in [-0.1, -0.05) is 0 Å². The molecule has 0 radical (unpaired) electrons. The van der Waals surface area contributed by atoms with Crippen LogP contribution in [0.1, 0.15) is 25.7 Å². The molecule has 130 valence electrons. The van der Waals surface area contributed by atoms with Crippen molar-refractivity contribution < 1.29 is 24.5 Å². The Morgan fingerprint density at radius 3 is 2.44 bits per heavy atom. The number of rotatable bonds is 9. The van der Waals surface area contributed by atoms with Crippen LogP contribution in [0.25, 0.3) is 0 Å². The normalized spacial score (nSPS) is 10.8. The molecule has 0 aliphatic carbocycles. The second-order valence-corrected chi connectivity index (χ2v) is 4.96. The molecule has 1 rings (SSSR count). The number of carbonyl (C=O) groups excluding carboxylic acids is 1. The van der Waals surface area contributed by atoms with Gasteiger partial charge in [-0.2, -0.15) is 5.26 Å². The Bertz CT molecular complexity index is 723. The Balaban J connectivity index is 2.62. The lowest BCUT2D eigenvalue weighted by atomic mass is 10.1. The van der Waals surface area contributed by atoms with Gasteiger partial charge in [0.15, 0.2) is 5.57 Å². The topological polar surface area (TPSA) is 120 Å². The molecule has 1 aromatic carbocycles. The van der Waals surface area contributed by atoms with Crippen LogP contribution in [0, 0.1) is 23.7 Å². The number of amides is 1. The van der Waals surface area contributed by atoms with Crippen molar-refractivity contribution in [3.8, 4) is 24.2 Å². The number of hydrogen-bond acceptors (Lipinski definition) is 5. The van der Waals surface area contributed by atoms with Crippen LogP contribution in [0.4, 0.5) is 5.69 Å². The number of anilines is 1. The van der Waals surface area contributed by atoms with Crippen molar-refractivity contribution in [3.05, 3.63) is 35.6 Å². The van der Waals surface area contributed by atoms with E-state index >= 15 is 0 Å². The molecule has 0 unspecified atom stereocenters. The molecular formula is C18H18N2O5. The number of aliphatic hydroxyl groups excluding tert-OH is 1. The van der Waals surface area contributed by atoms with E-state index in [2.05, 4.69) is 11.2 Å².